The summed E-state index contributed by atoms with van der Waals surface area (Å²) in [5, 5.41) is 18.5. The highest BCUT2D eigenvalue weighted by atomic mass is 16.5. The smallest absolute Gasteiger partial charge is 0.341 e. The first-order valence-electron chi connectivity index (χ1n) is 16.0. The number of benzene rings is 2. The Labute approximate surface area is 286 Å². The third-order valence-electron chi connectivity index (χ3n) is 8.58. The van der Waals surface area contributed by atoms with Crippen LogP contribution in [0.1, 0.15) is 22.8 Å². The molecule has 0 unspecified atom stereocenters. The molecule has 254 valence electrons. The summed E-state index contributed by atoms with van der Waals surface area (Å²) >= 11 is 0. The average Bonchev–Trinajstić information content (AvgIpc) is 3.94. The number of aliphatic carboxylic acids is 2. The van der Waals surface area contributed by atoms with Crippen LogP contribution >= 0.6 is 0 Å². The standard InChI is InChI=1S/C38H34N4O8/c1-47-31-13-3-21(15-33(31)49-19-35(43)44)37-27-9-5-23(39-27)17-25-7-11-29(41-25)38(22-4-14-32(48-2)34(16-22)50-20-36(45)46)30-12-8-26(42-30)18-24-6-10-28(37)40-24/h3-5,8-9,12-18,39,42H,6-7,10-11,19-20H2,1-2H3,(H,43,44)(H,45,46). The van der Waals surface area contributed by atoms with Crippen LogP contribution in [0.3, 0.4) is 0 Å². The maximum atomic E-state index is 11.3. The first-order valence-corrected chi connectivity index (χ1v) is 16.0. The number of aryl methyl sites for hydroxylation is 4. The van der Waals surface area contributed by atoms with Crippen molar-refractivity contribution in [1.29, 1.82) is 0 Å². The van der Waals surface area contributed by atoms with Gasteiger partial charge < -0.3 is 39.1 Å². The van der Waals surface area contributed by atoms with E-state index in [1.807, 2.05) is 48.5 Å². The number of aromatic amines is 2. The highest BCUT2D eigenvalue weighted by molar-refractivity contribution is 5.86. The summed E-state index contributed by atoms with van der Waals surface area (Å²) in [5.74, 6) is -0.651. The molecule has 2 aliphatic rings. The van der Waals surface area contributed by atoms with Crippen LogP contribution in [-0.4, -0.2) is 69.5 Å². The van der Waals surface area contributed by atoms with Crippen LogP contribution in [0.5, 0.6) is 23.0 Å². The number of fused-ring (bicyclic) bond motifs is 8. The monoisotopic (exact) mass is 674 g/mol. The second-order valence-electron chi connectivity index (χ2n) is 11.9. The molecule has 12 heteroatoms. The molecule has 0 atom stereocenters. The molecular formula is C38H34N4O8. The number of carboxylic acid groups (broad SMARTS) is 2. The predicted octanol–water partition coefficient (Wildman–Crippen LogP) is 6.16. The van der Waals surface area contributed by atoms with Crippen molar-refractivity contribution < 1.29 is 38.7 Å². The van der Waals surface area contributed by atoms with Gasteiger partial charge >= 0.3 is 11.9 Å². The van der Waals surface area contributed by atoms with Crippen LogP contribution < -0.4 is 18.9 Å². The summed E-state index contributed by atoms with van der Waals surface area (Å²) in [7, 11) is 3.03. The fourth-order valence-electron chi connectivity index (χ4n) is 6.40. The summed E-state index contributed by atoms with van der Waals surface area (Å²) < 4.78 is 22.1. The number of aromatic nitrogens is 4. The van der Waals surface area contributed by atoms with Gasteiger partial charge in [-0.3, -0.25) is 9.97 Å². The zero-order valence-electron chi connectivity index (χ0n) is 27.4. The lowest BCUT2D eigenvalue weighted by Gasteiger charge is -2.12. The van der Waals surface area contributed by atoms with Crippen LogP contribution in [0.25, 0.3) is 44.3 Å². The molecule has 0 amide bonds. The van der Waals surface area contributed by atoms with E-state index in [9.17, 15) is 19.8 Å². The maximum Gasteiger partial charge on any atom is 0.341 e. The van der Waals surface area contributed by atoms with E-state index in [0.29, 0.717) is 35.8 Å². The van der Waals surface area contributed by atoms with Gasteiger partial charge in [-0.15, -0.1) is 0 Å². The molecule has 4 N–H and O–H groups in total. The molecule has 0 radical (unpaired) electrons. The van der Waals surface area contributed by atoms with Crippen molar-refractivity contribution in [3.63, 3.8) is 0 Å². The highest BCUT2D eigenvalue weighted by Gasteiger charge is 2.20. The molecule has 5 aromatic rings. The summed E-state index contributed by atoms with van der Waals surface area (Å²) in [5.41, 5.74) is 10.4. The van der Waals surface area contributed by atoms with Gasteiger partial charge in [0.25, 0.3) is 0 Å². The number of H-pyrrole nitrogens is 2. The lowest BCUT2D eigenvalue weighted by Crippen LogP contribution is -2.10. The second kappa shape index (κ2) is 13.7. The number of ether oxygens (including phenoxy) is 4. The van der Waals surface area contributed by atoms with Crippen molar-refractivity contribution in [2.24, 2.45) is 0 Å². The second-order valence-corrected chi connectivity index (χ2v) is 11.9. The van der Waals surface area contributed by atoms with Crippen molar-refractivity contribution >= 4 is 34.0 Å². The zero-order chi connectivity index (χ0) is 34.8. The molecule has 0 aliphatic carbocycles. The number of methoxy groups -OCH3 is 2. The molecule has 3 aromatic heterocycles. The Bertz CT molecular complexity index is 2130. The Morgan fingerprint density at radius 1 is 0.600 bits per heavy atom. The van der Waals surface area contributed by atoms with Gasteiger partial charge in [0.15, 0.2) is 36.2 Å². The summed E-state index contributed by atoms with van der Waals surface area (Å²) in [4.78, 5) is 39.8. The SMILES string of the molecule is COc1ccc(-c2c3nc(cc4ccc([nH]4)c(-c4ccc(OC)c(OCC(=O)O)c4)c4nc(cc5ccc2[nH]5)CC4)CC3)cc1OCC(=O)O. The van der Waals surface area contributed by atoms with Gasteiger partial charge in [0.2, 0.25) is 0 Å². The van der Waals surface area contributed by atoms with Gasteiger partial charge in [0.1, 0.15) is 0 Å². The molecule has 2 aliphatic heterocycles. The number of nitrogens with one attached hydrogen (secondary N) is 2. The van der Waals surface area contributed by atoms with Gasteiger partial charge in [0.05, 0.1) is 25.6 Å². The van der Waals surface area contributed by atoms with Crippen LogP contribution in [0.4, 0.5) is 0 Å². The summed E-state index contributed by atoms with van der Waals surface area (Å²) in [6, 6.07) is 23.0. The first-order chi connectivity index (χ1) is 24.3. The van der Waals surface area contributed by atoms with Crippen LogP contribution in [0, 0.1) is 0 Å². The quantitative estimate of drug-likeness (QED) is 0.135. The molecule has 12 nitrogen and oxygen atoms in total. The van der Waals surface area contributed by atoms with Gasteiger partial charge in [-0.2, -0.15) is 0 Å². The minimum Gasteiger partial charge on any atom is -0.493 e. The van der Waals surface area contributed by atoms with E-state index in [4.69, 9.17) is 28.9 Å². The number of nitrogens with zero attached hydrogens (tertiary/aromatic N) is 2. The Balaban J connectivity index is 1.44. The van der Waals surface area contributed by atoms with E-state index in [2.05, 4.69) is 9.97 Å². The van der Waals surface area contributed by atoms with Crippen molar-refractivity contribution in [3.05, 3.63) is 95.6 Å². The van der Waals surface area contributed by atoms with Crippen LogP contribution in [-0.2, 0) is 35.3 Å². The molecule has 7 rings (SSSR count). The Morgan fingerprint density at radius 2 is 1.04 bits per heavy atom. The van der Waals surface area contributed by atoms with E-state index in [-0.39, 0.29) is 0 Å². The molecule has 0 spiro atoms. The molecule has 8 bridgehead atoms. The van der Waals surface area contributed by atoms with E-state index in [1.54, 1.807) is 24.3 Å². The molecule has 2 aromatic carbocycles. The lowest BCUT2D eigenvalue weighted by atomic mass is 10.0. The summed E-state index contributed by atoms with van der Waals surface area (Å²) in [6.07, 6.45) is 2.82. The molecule has 0 fully saturated rings. The minimum absolute atomic E-state index is 0.325. The number of rotatable bonds is 10. The number of carboxylic acids is 2. The van der Waals surface area contributed by atoms with Gasteiger partial charge in [-0.1, -0.05) is 12.1 Å². The van der Waals surface area contributed by atoms with Gasteiger partial charge in [-0.25, -0.2) is 9.59 Å². The highest BCUT2D eigenvalue weighted by Crippen LogP contribution is 2.38. The number of hydrogen-bond donors (Lipinski definition) is 4. The normalized spacial score (nSPS) is 12.4. The topological polar surface area (TPSA) is 169 Å². The maximum absolute atomic E-state index is 11.3. The average molecular weight is 675 g/mol. The Morgan fingerprint density at radius 3 is 1.44 bits per heavy atom. The van der Waals surface area contributed by atoms with Gasteiger partial charge in [-0.05, 0) is 97.5 Å². The zero-order valence-corrected chi connectivity index (χ0v) is 27.4. The largest absolute Gasteiger partial charge is 0.493 e. The predicted molar refractivity (Wildman–Crippen MR) is 186 cm³/mol. The van der Waals surface area contributed by atoms with E-state index < -0.39 is 25.2 Å². The van der Waals surface area contributed by atoms with Crippen LogP contribution in [0.15, 0.2) is 72.8 Å². The molecule has 0 saturated heterocycles. The first kappa shape index (κ1) is 32.3. The van der Waals surface area contributed by atoms with Crippen molar-refractivity contribution in [2.75, 3.05) is 27.4 Å². The fraction of sp³-hybridized carbons (Fsp3) is 0.211. The lowest BCUT2D eigenvalue weighted by molar-refractivity contribution is -0.140. The molecule has 5 heterocycles. The van der Waals surface area contributed by atoms with Crippen LogP contribution in [0.2, 0.25) is 0 Å². The van der Waals surface area contributed by atoms with Crippen molar-refractivity contribution in [3.8, 4) is 45.3 Å². The number of hydrogen-bond acceptors (Lipinski definition) is 8. The van der Waals surface area contributed by atoms with E-state index in [0.717, 1.165) is 79.9 Å². The molecule has 50 heavy (non-hydrogen) atoms. The van der Waals surface area contributed by atoms with Crippen molar-refractivity contribution in [1.82, 2.24) is 19.9 Å². The Hall–Kier alpha value is -6.30. The van der Waals surface area contributed by atoms with Crippen molar-refractivity contribution in [2.45, 2.75) is 25.7 Å². The van der Waals surface area contributed by atoms with E-state index >= 15 is 0 Å². The number of carbonyl (C=O) groups is 2. The Kier molecular flexibility index (Phi) is 8.82. The minimum atomic E-state index is -1.08. The third kappa shape index (κ3) is 6.68. The molecular weight excluding hydrogens is 640 g/mol. The van der Waals surface area contributed by atoms with E-state index in [1.165, 1.54) is 14.2 Å². The molecule has 0 saturated carbocycles. The summed E-state index contributed by atoms with van der Waals surface area (Å²) in [6.45, 7) is -0.998. The fourth-order valence-corrected chi connectivity index (χ4v) is 6.40. The van der Waals surface area contributed by atoms with Gasteiger partial charge in [0, 0.05) is 44.6 Å². The third-order valence-corrected chi connectivity index (χ3v) is 8.58.